The van der Waals surface area contributed by atoms with Crippen LogP contribution >= 0.6 is 0 Å². The van der Waals surface area contributed by atoms with Gasteiger partial charge in [-0.2, -0.15) is 0 Å². The van der Waals surface area contributed by atoms with E-state index in [1.807, 2.05) is 24.3 Å². The van der Waals surface area contributed by atoms with Crippen molar-refractivity contribution in [1.29, 1.82) is 0 Å². The predicted octanol–water partition coefficient (Wildman–Crippen LogP) is 24.9. The fourth-order valence-corrected chi connectivity index (χ4v) is 16.9. The van der Waals surface area contributed by atoms with E-state index >= 15 is 0 Å². The normalized spacial score (nSPS) is 13.2. The van der Waals surface area contributed by atoms with Crippen molar-refractivity contribution in [1.82, 2.24) is 0 Å². The van der Waals surface area contributed by atoms with Crippen LogP contribution in [0, 0.1) is 72.4 Å². The third-order valence-electron chi connectivity index (χ3n) is 21.6. The molecule has 8 aromatic carbocycles. The molecule has 0 spiro atoms. The van der Waals surface area contributed by atoms with E-state index in [2.05, 4.69) is 233 Å². The highest BCUT2D eigenvalue weighted by Crippen LogP contribution is 2.62. The van der Waals surface area contributed by atoms with Gasteiger partial charge in [0.05, 0.1) is 5.41 Å². The molecule has 0 heterocycles. The minimum absolute atomic E-state index is 0.0642. The lowest BCUT2D eigenvalue weighted by molar-refractivity contribution is 0.398. The van der Waals surface area contributed by atoms with Gasteiger partial charge in [-0.05, 0) is 192 Å². The number of hydrogen-bond acceptors (Lipinski definition) is 2. The summed E-state index contributed by atoms with van der Waals surface area (Å²) in [6, 6.07) is 65.4. The Morgan fingerprint density at radius 2 is 0.639 bits per heavy atom. The molecule has 0 aromatic heterocycles. The standard InChI is InChI=1S/C95H98O2/c1-7-13-19-25-29-37-64-93(65-38-30-26-20-14-8-2)86-47-35-33-44-81(86)83-61-50-73(70-89(83)93)74-51-63-85-91(71-74)95(76-53-57-78(58-54-76)96-68-41-23-17-11-5,77-55-59-79(60-56-77)97-69-42-24-18-12-6)88-49-43-46-80(92(85)88)75-52-62-84-82-45-34-36-48-87(82)94(90(84)72-75,66-39-31-27-21-15-9-3)67-40-32-28-22-16-10-4/h5-6,33-36,43-63,70-72H,7-10,13-16,19-22,25-32,37-40,64-67H2,1-4H3. The largest absolute Gasteiger partial charge is 0.407 e. The average molecular weight is 1270 g/mol. The van der Waals surface area contributed by atoms with Gasteiger partial charge in [0.15, 0.2) is 0 Å². The summed E-state index contributed by atoms with van der Waals surface area (Å²) in [5.74, 6) is 21.9. The molecule has 2 heteroatoms. The van der Waals surface area contributed by atoms with Crippen LogP contribution in [0.25, 0.3) is 55.6 Å². The van der Waals surface area contributed by atoms with Gasteiger partial charge < -0.3 is 9.47 Å². The van der Waals surface area contributed by atoms with Gasteiger partial charge in [0, 0.05) is 34.5 Å². The summed E-state index contributed by atoms with van der Waals surface area (Å²) in [5.41, 5.74) is 22.7. The third kappa shape index (κ3) is 15.0. The van der Waals surface area contributed by atoms with Crippen molar-refractivity contribution in [3.63, 3.8) is 0 Å². The first-order chi connectivity index (χ1) is 47.9. The number of benzene rings is 8. The van der Waals surface area contributed by atoms with Gasteiger partial charge in [-0.15, -0.1) is 12.8 Å². The zero-order valence-corrected chi connectivity index (χ0v) is 58.4. The van der Waals surface area contributed by atoms with E-state index in [4.69, 9.17) is 22.3 Å². The van der Waals surface area contributed by atoms with Crippen LogP contribution in [0.15, 0.2) is 170 Å². The first-order valence-corrected chi connectivity index (χ1v) is 37.1. The van der Waals surface area contributed by atoms with E-state index in [0.29, 0.717) is 11.5 Å². The van der Waals surface area contributed by atoms with Crippen LogP contribution in [-0.2, 0) is 16.2 Å². The SMILES string of the molecule is C#CC#CC#COc1ccc(C2(c3ccc(OC#CC#CC#C)cc3)c3cc(-c4ccc5c(c4)C(CCCCCCCC)(CCCCCCCC)c4ccccc4-5)ccc3-c3c(-c4ccc5c(c4)C(CCCCCCCC)(CCCCCCCC)c4ccccc4-5)cccc32)cc1. The van der Waals surface area contributed by atoms with Crippen molar-refractivity contribution < 1.29 is 9.47 Å². The van der Waals surface area contributed by atoms with Gasteiger partial charge in [-0.3, -0.25) is 0 Å². The third-order valence-corrected chi connectivity index (χ3v) is 21.6. The Hall–Kier alpha value is -9.28. The Morgan fingerprint density at radius 1 is 0.289 bits per heavy atom. The van der Waals surface area contributed by atoms with Crippen LogP contribution in [0.3, 0.4) is 0 Å². The maximum absolute atomic E-state index is 6.04. The molecule has 0 saturated carbocycles. The molecule has 2 nitrogen and oxygen atoms in total. The van der Waals surface area contributed by atoms with Crippen LogP contribution in [0.4, 0.5) is 0 Å². The van der Waals surface area contributed by atoms with E-state index in [0.717, 1.165) is 36.8 Å². The second kappa shape index (κ2) is 34.1. The molecule has 0 bridgehead atoms. The van der Waals surface area contributed by atoms with Crippen LogP contribution in [0.1, 0.15) is 252 Å². The highest BCUT2D eigenvalue weighted by molar-refractivity contribution is 5.98. The van der Waals surface area contributed by atoms with Crippen molar-refractivity contribution >= 4 is 0 Å². The summed E-state index contributed by atoms with van der Waals surface area (Å²) in [6.45, 7) is 9.28. The molecule has 490 valence electrons. The average Bonchev–Trinajstić information content (AvgIpc) is 1.54. The second-order valence-corrected chi connectivity index (χ2v) is 27.6. The highest BCUT2D eigenvalue weighted by atomic mass is 16.5. The molecule has 0 aliphatic heterocycles. The fraction of sp³-hybridized carbons (Fsp3) is 0.368. The molecule has 3 aliphatic rings. The summed E-state index contributed by atoms with van der Waals surface area (Å²) >= 11 is 0. The smallest absolute Gasteiger partial charge is 0.140 e. The number of hydrogen-bond donors (Lipinski definition) is 0. The fourth-order valence-electron chi connectivity index (χ4n) is 16.9. The monoisotopic (exact) mass is 1270 g/mol. The lowest BCUT2D eigenvalue weighted by Crippen LogP contribution is -2.28. The van der Waals surface area contributed by atoms with Crippen molar-refractivity contribution in [2.24, 2.45) is 0 Å². The van der Waals surface area contributed by atoms with Crippen molar-refractivity contribution in [2.75, 3.05) is 0 Å². The van der Waals surface area contributed by atoms with Crippen LogP contribution < -0.4 is 9.47 Å². The Kier molecular flexibility index (Phi) is 24.3. The molecule has 0 N–H and O–H groups in total. The van der Waals surface area contributed by atoms with Gasteiger partial charge in [0.25, 0.3) is 0 Å². The molecule has 0 fully saturated rings. The summed E-state index contributed by atoms with van der Waals surface area (Å²) in [4.78, 5) is 0. The van der Waals surface area contributed by atoms with E-state index in [9.17, 15) is 0 Å². The van der Waals surface area contributed by atoms with E-state index in [1.54, 1.807) is 0 Å². The van der Waals surface area contributed by atoms with Gasteiger partial charge in [-0.25, -0.2) is 0 Å². The van der Waals surface area contributed by atoms with Gasteiger partial charge >= 0.3 is 0 Å². The molecule has 0 saturated heterocycles. The van der Waals surface area contributed by atoms with Gasteiger partial charge in [-0.1, -0.05) is 309 Å². The maximum atomic E-state index is 6.04. The topological polar surface area (TPSA) is 18.5 Å². The highest BCUT2D eigenvalue weighted by Gasteiger charge is 2.49. The van der Waals surface area contributed by atoms with Crippen molar-refractivity contribution in [3.8, 4) is 140 Å². The molecule has 0 atom stereocenters. The molecule has 97 heavy (non-hydrogen) atoms. The summed E-state index contributed by atoms with van der Waals surface area (Å²) < 4.78 is 12.1. The van der Waals surface area contributed by atoms with Crippen LogP contribution in [-0.4, -0.2) is 0 Å². The van der Waals surface area contributed by atoms with Gasteiger partial charge in [0.2, 0.25) is 0 Å². The zero-order valence-electron chi connectivity index (χ0n) is 58.4. The number of unbranched alkanes of at least 4 members (excludes halogenated alkanes) is 20. The van der Waals surface area contributed by atoms with Crippen molar-refractivity contribution in [2.45, 2.75) is 224 Å². The number of fused-ring (bicyclic) bond motifs is 9. The molecule has 0 amide bonds. The maximum Gasteiger partial charge on any atom is 0.140 e. The second-order valence-electron chi connectivity index (χ2n) is 27.6. The Morgan fingerprint density at radius 3 is 1.07 bits per heavy atom. The quantitative estimate of drug-likeness (QED) is 0.0296. The molecule has 0 unspecified atom stereocenters. The Balaban J connectivity index is 1.11. The first kappa shape index (κ1) is 69.1. The number of ether oxygens (including phenoxy) is 2. The van der Waals surface area contributed by atoms with E-state index < -0.39 is 5.41 Å². The Labute approximate surface area is 583 Å². The molecule has 11 rings (SSSR count). The van der Waals surface area contributed by atoms with E-state index in [1.165, 1.54) is 243 Å². The molecular weight excluding hydrogens is 1170 g/mol. The molecule has 8 aromatic rings. The molecular formula is C95H98O2. The Bertz CT molecular complexity index is 4220. The molecule has 0 radical (unpaired) electrons. The minimum Gasteiger partial charge on any atom is -0.407 e. The predicted molar refractivity (Wildman–Crippen MR) is 409 cm³/mol. The minimum atomic E-state index is -0.833. The molecule has 3 aliphatic carbocycles. The lowest BCUT2D eigenvalue weighted by atomic mass is 9.67. The summed E-state index contributed by atoms with van der Waals surface area (Å²) in [6.07, 6.45) is 51.7. The first-order valence-electron chi connectivity index (χ1n) is 37.1. The summed E-state index contributed by atoms with van der Waals surface area (Å²) in [7, 11) is 0. The van der Waals surface area contributed by atoms with Gasteiger partial charge in [0.1, 0.15) is 23.7 Å². The zero-order chi connectivity index (χ0) is 67.1. The van der Waals surface area contributed by atoms with Crippen molar-refractivity contribution in [3.05, 3.63) is 214 Å². The number of rotatable bonds is 34. The summed E-state index contributed by atoms with van der Waals surface area (Å²) in [5, 5.41) is 0. The van der Waals surface area contributed by atoms with Crippen LogP contribution in [0.5, 0.6) is 11.5 Å². The lowest BCUT2D eigenvalue weighted by Gasteiger charge is -2.34. The van der Waals surface area contributed by atoms with Crippen LogP contribution in [0.2, 0.25) is 0 Å². The number of terminal acetylenes is 2. The van der Waals surface area contributed by atoms with E-state index in [-0.39, 0.29) is 10.8 Å².